The quantitative estimate of drug-likeness (QED) is 0.786. The predicted molar refractivity (Wildman–Crippen MR) is 58.8 cm³/mol. The third kappa shape index (κ3) is 2.03. The second-order valence-electron chi connectivity index (χ2n) is 3.37. The lowest BCUT2D eigenvalue weighted by molar-refractivity contribution is 0.553. The maximum atomic E-state index is 5.69. The molecule has 1 unspecified atom stereocenters. The molecule has 2 nitrogen and oxygen atoms in total. The van der Waals surface area contributed by atoms with Gasteiger partial charge in [-0.3, -0.25) is 0 Å². The standard InChI is InChI=1S/C9H14N2S.ClH/c1-6-11-9-7(5-10)3-2-4-8(9)12-6;/h7H,2-5,10H2,1H3;1H. The van der Waals surface area contributed by atoms with E-state index in [-0.39, 0.29) is 12.4 Å². The van der Waals surface area contributed by atoms with Crippen LogP contribution in [0.1, 0.15) is 34.3 Å². The molecule has 0 bridgehead atoms. The van der Waals surface area contributed by atoms with Crippen LogP contribution in [0.3, 0.4) is 0 Å². The van der Waals surface area contributed by atoms with Gasteiger partial charge in [-0.25, -0.2) is 4.98 Å². The van der Waals surface area contributed by atoms with Gasteiger partial charge in [0.1, 0.15) is 0 Å². The van der Waals surface area contributed by atoms with Crippen LogP contribution in [0.4, 0.5) is 0 Å². The van der Waals surface area contributed by atoms with Crippen LogP contribution in [-0.4, -0.2) is 11.5 Å². The van der Waals surface area contributed by atoms with E-state index in [1.54, 1.807) is 0 Å². The summed E-state index contributed by atoms with van der Waals surface area (Å²) < 4.78 is 0. The molecule has 0 saturated heterocycles. The molecule has 2 rings (SSSR count). The number of aromatic nitrogens is 1. The molecule has 13 heavy (non-hydrogen) atoms. The molecular formula is C9H15ClN2S. The molecule has 0 amide bonds. The van der Waals surface area contributed by atoms with E-state index in [2.05, 4.69) is 11.9 Å². The highest BCUT2D eigenvalue weighted by Gasteiger charge is 2.22. The first kappa shape index (κ1) is 11.0. The van der Waals surface area contributed by atoms with Crippen molar-refractivity contribution in [3.8, 4) is 0 Å². The lowest BCUT2D eigenvalue weighted by Gasteiger charge is -2.18. The maximum absolute atomic E-state index is 5.69. The van der Waals surface area contributed by atoms with Crippen molar-refractivity contribution in [1.82, 2.24) is 4.98 Å². The van der Waals surface area contributed by atoms with Crippen LogP contribution in [0.2, 0.25) is 0 Å². The summed E-state index contributed by atoms with van der Waals surface area (Å²) in [7, 11) is 0. The van der Waals surface area contributed by atoms with Crippen molar-refractivity contribution < 1.29 is 0 Å². The van der Waals surface area contributed by atoms with Gasteiger partial charge in [-0.2, -0.15) is 0 Å². The van der Waals surface area contributed by atoms with E-state index in [1.807, 2.05) is 11.3 Å². The van der Waals surface area contributed by atoms with E-state index in [1.165, 1.54) is 34.8 Å². The molecule has 1 aromatic heterocycles. The predicted octanol–water partition coefficient (Wildman–Crippen LogP) is 2.25. The van der Waals surface area contributed by atoms with Crippen molar-refractivity contribution in [3.05, 3.63) is 15.6 Å². The SMILES string of the molecule is Cc1nc2c(s1)CCCC2CN.Cl. The van der Waals surface area contributed by atoms with Crippen LogP contribution in [0, 0.1) is 6.92 Å². The molecule has 0 fully saturated rings. The number of nitrogens with zero attached hydrogens (tertiary/aromatic N) is 1. The highest BCUT2D eigenvalue weighted by Crippen LogP contribution is 2.33. The van der Waals surface area contributed by atoms with Gasteiger partial charge in [-0.05, 0) is 26.2 Å². The monoisotopic (exact) mass is 218 g/mol. The summed E-state index contributed by atoms with van der Waals surface area (Å²) in [6, 6.07) is 0. The largest absolute Gasteiger partial charge is 0.330 e. The topological polar surface area (TPSA) is 38.9 Å². The number of fused-ring (bicyclic) bond motifs is 1. The van der Waals surface area contributed by atoms with Gasteiger partial charge in [0.25, 0.3) is 0 Å². The summed E-state index contributed by atoms with van der Waals surface area (Å²) in [5.74, 6) is 0.540. The van der Waals surface area contributed by atoms with Gasteiger partial charge < -0.3 is 5.73 Å². The summed E-state index contributed by atoms with van der Waals surface area (Å²) >= 11 is 1.84. The Morgan fingerprint density at radius 2 is 2.38 bits per heavy atom. The Bertz CT molecular complexity index is 285. The molecule has 1 atom stereocenters. The van der Waals surface area contributed by atoms with Gasteiger partial charge in [0.2, 0.25) is 0 Å². The average Bonchev–Trinajstić information content (AvgIpc) is 2.44. The van der Waals surface area contributed by atoms with Crippen LogP contribution in [0.25, 0.3) is 0 Å². The number of hydrogen-bond acceptors (Lipinski definition) is 3. The zero-order valence-electron chi connectivity index (χ0n) is 7.75. The first-order valence-corrected chi connectivity index (χ1v) is 5.29. The third-order valence-corrected chi connectivity index (χ3v) is 3.51. The minimum absolute atomic E-state index is 0. The van der Waals surface area contributed by atoms with Crippen LogP contribution in [0.15, 0.2) is 0 Å². The molecule has 0 spiro atoms. The molecule has 4 heteroatoms. The molecule has 0 aliphatic heterocycles. The Hall–Kier alpha value is -0.120. The minimum Gasteiger partial charge on any atom is -0.330 e. The Morgan fingerprint density at radius 1 is 1.62 bits per heavy atom. The van der Waals surface area contributed by atoms with Crippen LogP contribution in [-0.2, 0) is 6.42 Å². The van der Waals surface area contributed by atoms with E-state index in [9.17, 15) is 0 Å². The van der Waals surface area contributed by atoms with Gasteiger partial charge >= 0.3 is 0 Å². The van der Waals surface area contributed by atoms with Crippen molar-refractivity contribution in [2.75, 3.05) is 6.54 Å². The Labute approximate surface area is 89.0 Å². The van der Waals surface area contributed by atoms with Gasteiger partial charge in [0, 0.05) is 17.3 Å². The first-order valence-electron chi connectivity index (χ1n) is 4.47. The molecule has 1 aliphatic carbocycles. The van der Waals surface area contributed by atoms with Gasteiger partial charge in [0.05, 0.1) is 10.7 Å². The Morgan fingerprint density at radius 3 is 3.08 bits per heavy atom. The zero-order valence-corrected chi connectivity index (χ0v) is 9.38. The molecule has 2 N–H and O–H groups in total. The van der Waals surface area contributed by atoms with Crippen LogP contribution < -0.4 is 5.73 Å². The van der Waals surface area contributed by atoms with Crippen molar-refractivity contribution in [1.29, 1.82) is 0 Å². The number of halogens is 1. The Kier molecular flexibility index (Phi) is 3.71. The lowest BCUT2D eigenvalue weighted by atomic mass is 9.91. The second kappa shape index (κ2) is 4.40. The van der Waals surface area contributed by atoms with E-state index < -0.39 is 0 Å². The van der Waals surface area contributed by atoms with Crippen LogP contribution >= 0.6 is 23.7 Å². The number of thiazole rings is 1. The molecule has 0 saturated carbocycles. The highest BCUT2D eigenvalue weighted by atomic mass is 35.5. The van der Waals surface area contributed by atoms with Crippen LogP contribution in [0.5, 0.6) is 0 Å². The lowest BCUT2D eigenvalue weighted by Crippen LogP contribution is -2.17. The molecule has 1 heterocycles. The molecule has 0 aromatic carbocycles. The highest BCUT2D eigenvalue weighted by molar-refractivity contribution is 7.11. The van der Waals surface area contributed by atoms with Crippen molar-refractivity contribution >= 4 is 23.7 Å². The number of rotatable bonds is 1. The third-order valence-electron chi connectivity index (χ3n) is 2.46. The summed E-state index contributed by atoms with van der Waals surface area (Å²) in [6.07, 6.45) is 3.74. The van der Waals surface area contributed by atoms with Gasteiger partial charge in [-0.15, -0.1) is 23.7 Å². The van der Waals surface area contributed by atoms with Crippen molar-refractivity contribution in [2.24, 2.45) is 5.73 Å². The normalized spacial score (nSPS) is 20.6. The van der Waals surface area contributed by atoms with Crippen molar-refractivity contribution in [3.63, 3.8) is 0 Å². The average molecular weight is 219 g/mol. The molecule has 1 aromatic rings. The number of hydrogen-bond donors (Lipinski definition) is 1. The second-order valence-corrected chi connectivity index (χ2v) is 4.65. The van der Waals surface area contributed by atoms with E-state index in [0.717, 1.165) is 6.54 Å². The summed E-state index contributed by atoms with van der Waals surface area (Å²) in [5.41, 5.74) is 6.99. The Balaban J connectivity index is 0.000000845. The molecule has 1 aliphatic rings. The molecule has 74 valence electrons. The van der Waals surface area contributed by atoms with E-state index in [0.29, 0.717) is 5.92 Å². The zero-order chi connectivity index (χ0) is 8.55. The van der Waals surface area contributed by atoms with E-state index in [4.69, 9.17) is 5.73 Å². The number of aryl methyl sites for hydroxylation is 2. The summed E-state index contributed by atoms with van der Waals surface area (Å²) in [4.78, 5) is 6.02. The van der Waals surface area contributed by atoms with Gasteiger partial charge in [0.15, 0.2) is 0 Å². The fourth-order valence-corrected chi connectivity index (χ4v) is 2.92. The van der Waals surface area contributed by atoms with Gasteiger partial charge in [-0.1, -0.05) is 0 Å². The fraction of sp³-hybridized carbons (Fsp3) is 0.667. The molecular weight excluding hydrogens is 204 g/mol. The smallest absolute Gasteiger partial charge is 0.0900 e. The first-order chi connectivity index (χ1) is 5.81. The summed E-state index contributed by atoms with van der Waals surface area (Å²) in [6.45, 7) is 2.84. The summed E-state index contributed by atoms with van der Waals surface area (Å²) in [5, 5.41) is 1.19. The minimum atomic E-state index is 0. The fourth-order valence-electron chi connectivity index (χ4n) is 1.86. The number of nitrogens with two attached hydrogens (primary N) is 1. The molecule has 0 radical (unpaired) electrons. The maximum Gasteiger partial charge on any atom is 0.0900 e. The van der Waals surface area contributed by atoms with E-state index >= 15 is 0 Å². The van der Waals surface area contributed by atoms with Crippen molar-refractivity contribution in [2.45, 2.75) is 32.1 Å².